The minimum atomic E-state index is -0.452. The molecule has 1 heterocycles. The third kappa shape index (κ3) is 4.03. The number of hydrogen-bond acceptors (Lipinski definition) is 4. The van der Waals surface area contributed by atoms with Crippen LogP contribution < -0.4 is 10.6 Å². The molecular weight excluding hydrogens is 246 g/mol. The summed E-state index contributed by atoms with van der Waals surface area (Å²) in [5, 5.41) is 16.8. The van der Waals surface area contributed by atoms with Gasteiger partial charge in [-0.05, 0) is 24.9 Å². The van der Waals surface area contributed by atoms with E-state index in [0.717, 1.165) is 25.9 Å². The summed E-state index contributed by atoms with van der Waals surface area (Å²) in [5.74, 6) is -0.0887. The van der Waals surface area contributed by atoms with Crippen molar-refractivity contribution < 1.29 is 9.72 Å². The Morgan fingerprint density at radius 2 is 2.37 bits per heavy atom. The maximum Gasteiger partial charge on any atom is 0.269 e. The lowest BCUT2D eigenvalue weighted by Crippen LogP contribution is -2.46. The van der Waals surface area contributed by atoms with E-state index in [-0.39, 0.29) is 24.1 Å². The van der Waals surface area contributed by atoms with Crippen molar-refractivity contribution in [1.82, 2.24) is 10.6 Å². The largest absolute Gasteiger partial charge is 0.352 e. The highest BCUT2D eigenvalue weighted by Crippen LogP contribution is 2.13. The number of benzene rings is 1. The predicted molar refractivity (Wildman–Crippen MR) is 70.8 cm³/mol. The Bertz CT molecular complexity index is 470. The van der Waals surface area contributed by atoms with E-state index in [9.17, 15) is 14.9 Å². The molecule has 0 spiro atoms. The van der Waals surface area contributed by atoms with Crippen LogP contribution in [0.5, 0.6) is 0 Å². The van der Waals surface area contributed by atoms with Crippen molar-refractivity contribution in [2.24, 2.45) is 0 Å². The van der Waals surface area contributed by atoms with Crippen LogP contribution in [0.3, 0.4) is 0 Å². The topological polar surface area (TPSA) is 84.3 Å². The Morgan fingerprint density at radius 1 is 1.53 bits per heavy atom. The second-order valence-corrected chi connectivity index (χ2v) is 4.71. The Labute approximate surface area is 111 Å². The van der Waals surface area contributed by atoms with Gasteiger partial charge in [0.25, 0.3) is 5.69 Å². The fourth-order valence-electron chi connectivity index (χ4n) is 2.22. The normalized spacial score (nSPS) is 18.8. The van der Waals surface area contributed by atoms with Crippen molar-refractivity contribution in [2.45, 2.75) is 25.3 Å². The molecule has 1 aromatic rings. The number of nitrogens with zero attached hydrogens (tertiary/aromatic N) is 1. The maximum absolute atomic E-state index is 11.9. The molecule has 1 aliphatic rings. The van der Waals surface area contributed by atoms with Crippen molar-refractivity contribution >= 4 is 11.6 Å². The highest BCUT2D eigenvalue weighted by molar-refractivity contribution is 5.79. The molecule has 1 amide bonds. The van der Waals surface area contributed by atoms with Gasteiger partial charge in [-0.25, -0.2) is 0 Å². The summed E-state index contributed by atoms with van der Waals surface area (Å²) in [6.45, 7) is 1.79. The van der Waals surface area contributed by atoms with Crippen molar-refractivity contribution in [3.63, 3.8) is 0 Å². The van der Waals surface area contributed by atoms with Crippen LogP contribution in [-0.4, -0.2) is 30.0 Å². The van der Waals surface area contributed by atoms with Gasteiger partial charge in [0.15, 0.2) is 0 Å². The SMILES string of the molecule is O=C(Cc1cccc([N+](=O)[O-])c1)NC1CCCNC1. The van der Waals surface area contributed by atoms with E-state index in [0.29, 0.717) is 5.56 Å². The minimum Gasteiger partial charge on any atom is -0.352 e. The van der Waals surface area contributed by atoms with Gasteiger partial charge in [0, 0.05) is 24.7 Å². The number of amides is 1. The number of hydrogen-bond donors (Lipinski definition) is 2. The Kier molecular flexibility index (Phi) is 4.46. The number of piperidine rings is 1. The molecule has 0 aliphatic carbocycles. The number of non-ortho nitro benzene ring substituents is 1. The lowest BCUT2D eigenvalue weighted by atomic mass is 10.1. The van der Waals surface area contributed by atoms with Gasteiger partial charge < -0.3 is 10.6 Å². The highest BCUT2D eigenvalue weighted by atomic mass is 16.6. The molecule has 1 fully saturated rings. The summed E-state index contributed by atoms with van der Waals surface area (Å²) < 4.78 is 0. The molecule has 1 unspecified atom stereocenters. The van der Waals surface area contributed by atoms with Crippen LogP contribution in [0.4, 0.5) is 5.69 Å². The van der Waals surface area contributed by atoms with Crippen molar-refractivity contribution in [3.8, 4) is 0 Å². The van der Waals surface area contributed by atoms with E-state index >= 15 is 0 Å². The smallest absolute Gasteiger partial charge is 0.269 e. The second-order valence-electron chi connectivity index (χ2n) is 4.71. The Hall–Kier alpha value is -1.95. The molecule has 1 saturated heterocycles. The van der Waals surface area contributed by atoms with Crippen LogP contribution in [-0.2, 0) is 11.2 Å². The zero-order chi connectivity index (χ0) is 13.7. The summed E-state index contributed by atoms with van der Waals surface area (Å²) in [6, 6.07) is 6.36. The fraction of sp³-hybridized carbons (Fsp3) is 0.462. The fourth-order valence-corrected chi connectivity index (χ4v) is 2.22. The first-order chi connectivity index (χ1) is 9.15. The van der Waals surface area contributed by atoms with E-state index in [4.69, 9.17) is 0 Å². The van der Waals surface area contributed by atoms with Crippen LogP contribution in [0, 0.1) is 10.1 Å². The summed E-state index contributed by atoms with van der Waals surface area (Å²) in [6.07, 6.45) is 2.22. The maximum atomic E-state index is 11.9. The van der Waals surface area contributed by atoms with E-state index in [1.807, 2.05) is 0 Å². The van der Waals surface area contributed by atoms with Crippen molar-refractivity contribution in [1.29, 1.82) is 0 Å². The van der Waals surface area contributed by atoms with Gasteiger partial charge in [0.05, 0.1) is 11.3 Å². The van der Waals surface area contributed by atoms with Gasteiger partial charge >= 0.3 is 0 Å². The monoisotopic (exact) mass is 263 g/mol. The van der Waals surface area contributed by atoms with Gasteiger partial charge in [0.1, 0.15) is 0 Å². The van der Waals surface area contributed by atoms with Crippen LogP contribution in [0.1, 0.15) is 18.4 Å². The van der Waals surface area contributed by atoms with Crippen LogP contribution in [0.2, 0.25) is 0 Å². The molecule has 19 heavy (non-hydrogen) atoms. The number of carbonyl (C=O) groups is 1. The summed E-state index contributed by atoms with van der Waals surface area (Å²) in [5.41, 5.74) is 0.681. The number of nitrogens with one attached hydrogen (secondary N) is 2. The third-order valence-corrected chi connectivity index (χ3v) is 3.15. The molecular formula is C13H17N3O3. The molecule has 1 atom stereocenters. The van der Waals surface area contributed by atoms with Crippen LogP contribution >= 0.6 is 0 Å². The number of nitro benzene ring substituents is 1. The Morgan fingerprint density at radius 3 is 3.05 bits per heavy atom. The van der Waals surface area contributed by atoms with Crippen LogP contribution in [0.25, 0.3) is 0 Å². The molecule has 2 N–H and O–H groups in total. The molecule has 6 nitrogen and oxygen atoms in total. The zero-order valence-corrected chi connectivity index (χ0v) is 10.6. The second kappa shape index (κ2) is 6.29. The average molecular weight is 263 g/mol. The summed E-state index contributed by atoms with van der Waals surface area (Å²) >= 11 is 0. The molecule has 0 aromatic heterocycles. The van der Waals surface area contributed by atoms with Gasteiger partial charge in [-0.2, -0.15) is 0 Å². The number of rotatable bonds is 4. The van der Waals surface area contributed by atoms with E-state index in [1.165, 1.54) is 12.1 Å². The third-order valence-electron chi connectivity index (χ3n) is 3.15. The van der Waals surface area contributed by atoms with E-state index in [2.05, 4.69) is 10.6 Å². The lowest BCUT2D eigenvalue weighted by Gasteiger charge is -2.23. The number of carbonyl (C=O) groups excluding carboxylic acids is 1. The first-order valence-electron chi connectivity index (χ1n) is 6.38. The van der Waals surface area contributed by atoms with Gasteiger partial charge in [-0.1, -0.05) is 12.1 Å². The van der Waals surface area contributed by atoms with Gasteiger partial charge in [-0.15, -0.1) is 0 Å². The Balaban J connectivity index is 1.90. The van der Waals surface area contributed by atoms with Crippen LogP contribution in [0.15, 0.2) is 24.3 Å². The van der Waals surface area contributed by atoms with Crippen molar-refractivity contribution in [2.75, 3.05) is 13.1 Å². The van der Waals surface area contributed by atoms with E-state index < -0.39 is 4.92 Å². The molecule has 6 heteroatoms. The standard InChI is InChI=1S/C13H17N3O3/c17-13(15-11-4-2-6-14-9-11)8-10-3-1-5-12(7-10)16(18)19/h1,3,5,7,11,14H,2,4,6,8-9H2,(H,15,17). The molecule has 102 valence electrons. The first kappa shape index (κ1) is 13.5. The lowest BCUT2D eigenvalue weighted by molar-refractivity contribution is -0.384. The highest BCUT2D eigenvalue weighted by Gasteiger charge is 2.16. The van der Waals surface area contributed by atoms with Crippen molar-refractivity contribution in [3.05, 3.63) is 39.9 Å². The van der Waals surface area contributed by atoms with Gasteiger partial charge in [-0.3, -0.25) is 14.9 Å². The zero-order valence-electron chi connectivity index (χ0n) is 10.6. The molecule has 2 rings (SSSR count). The summed E-state index contributed by atoms with van der Waals surface area (Å²) in [7, 11) is 0. The predicted octanol–water partition coefficient (Wildman–Crippen LogP) is 1.01. The molecule has 0 bridgehead atoms. The first-order valence-corrected chi connectivity index (χ1v) is 6.38. The molecule has 0 saturated carbocycles. The average Bonchev–Trinajstić information content (AvgIpc) is 2.40. The molecule has 0 radical (unpaired) electrons. The summed E-state index contributed by atoms with van der Waals surface area (Å²) in [4.78, 5) is 22.1. The quantitative estimate of drug-likeness (QED) is 0.627. The van der Waals surface area contributed by atoms with E-state index in [1.54, 1.807) is 12.1 Å². The number of nitro groups is 1. The molecule has 1 aliphatic heterocycles. The minimum absolute atomic E-state index is 0.0182. The molecule has 1 aromatic carbocycles. The van der Waals surface area contributed by atoms with Gasteiger partial charge in [0.2, 0.25) is 5.91 Å².